The minimum absolute atomic E-state index is 0.181. The molecule has 0 atom stereocenters. The van der Waals surface area contributed by atoms with E-state index in [1.54, 1.807) is 0 Å². The molecule has 2 aromatic rings. The van der Waals surface area contributed by atoms with Crippen LogP contribution in [0.5, 0.6) is 0 Å². The fraction of sp³-hybridized carbons (Fsp3) is 0.0526. The van der Waals surface area contributed by atoms with Crippen LogP contribution in [0.25, 0.3) is 5.70 Å². The second kappa shape index (κ2) is 6.91. The molecule has 0 N–H and O–H groups in total. The van der Waals surface area contributed by atoms with Crippen molar-refractivity contribution >= 4 is 47.6 Å². The first-order chi connectivity index (χ1) is 11.8. The third-order valence-corrected chi connectivity index (χ3v) is 6.20. The molecule has 0 saturated heterocycles. The molecule has 0 fully saturated rings. The number of hydrogen-bond donors (Lipinski definition) is 0. The van der Waals surface area contributed by atoms with E-state index < -0.39 is 0 Å². The Morgan fingerprint density at radius 2 is 1.92 bits per heavy atom. The molecule has 2 aliphatic rings. The van der Waals surface area contributed by atoms with Gasteiger partial charge in [0.25, 0.3) is 0 Å². The molecule has 4 rings (SSSR count). The summed E-state index contributed by atoms with van der Waals surface area (Å²) in [5, 5.41) is 7.39. The van der Waals surface area contributed by atoms with Gasteiger partial charge in [0.05, 0.1) is 9.33 Å². The Hall–Kier alpha value is -1.92. The molecule has 3 nitrogen and oxygen atoms in total. The number of ether oxygens (including phenoxy) is 1. The molecule has 120 valence electrons. The maximum atomic E-state index is 6.13. The summed E-state index contributed by atoms with van der Waals surface area (Å²) in [5.41, 5.74) is 3.30. The molecule has 2 aromatic carbocycles. The van der Waals surface area contributed by atoms with Crippen LogP contribution < -0.4 is 0 Å². The number of hydrazone groups is 1. The van der Waals surface area contributed by atoms with Gasteiger partial charge in [-0.05, 0) is 27.9 Å². The average Bonchev–Trinajstić information content (AvgIpc) is 3.04. The SMILES string of the molecule is Clc1cccc(C2=CI=C3C=CC(OCc4ccccc4)=NN23)c1. The lowest BCUT2D eigenvalue weighted by Gasteiger charge is -2.22. The third kappa shape index (κ3) is 3.30. The summed E-state index contributed by atoms with van der Waals surface area (Å²) in [4.78, 5) is 0. The summed E-state index contributed by atoms with van der Waals surface area (Å²) >= 11 is 5.95. The Labute approximate surface area is 155 Å². The van der Waals surface area contributed by atoms with E-state index in [9.17, 15) is 0 Å². The summed E-state index contributed by atoms with van der Waals surface area (Å²) in [6, 6.07) is 18.0. The Morgan fingerprint density at radius 3 is 2.75 bits per heavy atom. The summed E-state index contributed by atoms with van der Waals surface area (Å²) in [6.45, 7) is 0.512. The number of nitrogens with zero attached hydrogens (tertiary/aromatic N) is 2. The highest BCUT2D eigenvalue weighted by molar-refractivity contribution is 14.2. The lowest BCUT2D eigenvalue weighted by Crippen LogP contribution is -2.24. The van der Waals surface area contributed by atoms with Gasteiger partial charge in [0.15, 0.2) is 0 Å². The Balaban J connectivity index is 1.53. The van der Waals surface area contributed by atoms with Crippen molar-refractivity contribution in [2.75, 3.05) is 0 Å². The van der Waals surface area contributed by atoms with E-state index in [4.69, 9.17) is 16.3 Å². The van der Waals surface area contributed by atoms with Gasteiger partial charge in [-0.15, -0.1) is 5.10 Å². The van der Waals surface area contributed by atoms with Crippen molar-refractivity contribution < 1.29 is 4.74 Å². The summed E-state index contributed by atoms with van der Waals surface area (Å²) in [5.74, 6) is 0.626. The number of rotatable bonds is 3. The van der Waals surface area contributed by atoms with Gasteiger partial charge in [-0.25, -0.2) is 5.01 Å². The van der Waals surface area contributed by atoms with Gasteiger partial charge in [0, 0.05) is 16.7 Å². The lowest BCUT2D eigenvalue weighted by atomic mass is 10.1. The predicted molar refractivity (Wildman–Crippen MR) is 108 cm³/mol. The number of hydrogen-bond acceptors (Lipinski definition) is 3. The second-order valence-electron chi connectivity index (χ2n) is 5.29. The van der Waals surface area contributed by atoms with Crippen LogP contribution in [0.15, 0.2) is 75.9 Å². The normalized spacial score (nSPS) is 15.9. The van der Waals surface area contributed by atoms with Crippen LogP contribution in [0.1, 0.15) is 11.1 Å². The van der Waals surface area contributed by atoms with Crippen molar-refractivity contribution in [1.82, 2.24) is 5.01 Å². The smallest absolute Gasteiger partial charge is 0.232 e. The van der Waals surface area contributed by atoms with Crippen LogP contribution in [-0.2, 0) is 11.3 Å². The summed E-state index contributed by atoms with van der Waals surface area (Å²) < 4.78 is 9.37. The van der Waals surface area contributed by atoms with Gasteiger partial charge in [-0.3, -0.25) is 0 Å². The third-order valence-electron chi connectivity index (χ3n) is 3.61. The first-order valence-electron chi connectivity index (χ1n) is 7.49. The maximum absolute atomic E-state index is 6.13. The summed E-state index contributed by atoms with van der Waals surface area (Å²) in [6.07, 6.45) is 4.05. The van der Waals surface area contributed by atoms with Crippen LogP contribution in [0.3, 0.4) is 0 Å². The monoisotopic (exact) mass is 448 g/mol. The van der Waals surface area contributed by atoms with Gasteiger partial charge < -0.3 is 4.74 Å². The summed E-state index contributed by atoms with van der Waals surface area (Å²) in [7, 11) is 0. The van der Waals surface area contributed by atoms with Gasteiger partial charge in [0.1, 0.15) is 6.61 Å². The van der Waals surface area contributed by atoms with E-state index in [2.05, 4.69) is 21.3 Å². The lowest BCUT2D eigenvalue weighted by molar-refractivity contribution is 0.288. The fourth-order valence-electron chi connectivity index (χ4n) is 2.44. The fourth-order valence-corrected chi connectivity index (χ4v) is 4.88. The minimum Gasteiger partial charge on any atom is -0.472 e. The number of halogens is 2. The van der Waals surface area contributed by atoms with E-state index in [1.165, 1.54) is 3.63 Å². The molecule has 2 aliphatic heterocycles. The molecule has 2 heterocycles. The average molecular weight is 449 g/mol. The van der Waals surface area contributed by atoms with Gasteiger partial charge >= 0.3 is 0 Å². The van der Waals surface area contributed by atoms with Crippen LogP contribution in [0.4, 0.5) is 0 Å². The first-order valence-corrected chi connectivity index (χ1v) is 10.2. The quantitative estimate of drug-likeness (QED) is 0.606. The van der Waals surface area contributed by atoms with Crippen molar-refractivity contribution in [3.8, 4) is 0 Å². The van der Waals surface area contributed by atoms with E-state index in [1.807, 2.05) is 59.6 Å². The highest BCUT2D eigenvalue weighted by Gasteiger charge is 2.23. The van der Waals surface area contributed by atoms with Crippen LogP contribution >= 0.6 is 32.3 Å². The standard InChI is InChI=1S/C19H14ClIN2O/c20-16-8-4-7-15(11-16)17-12-21-18-9-10-19(22-23(17)18)24-13-14-5-2-1-3-6-14/h1-12H,13H2. The van der Waals surface area contributed by atoms with Crippen molar-refractivity contribution in [2.45, 2.75) is 6.61 Å². The maximum Gasteiger partial charge on any atom is 0.232 e. The molecule has 0 bridgehead atoms. The molecule has 0 saturated carbocycles. The van der Waals surface area contributed by atoms with E-state index >= 15 is 0 Å². The zero-order valence-electron chi connectivity index (χ0n) is 12.7. The van der Waals surface area contributed by atoms with Crippen molar-refractivity contribution in [3.05, 3.63) is 87.0 Å². The van der Waals surface area contributed by atoms with Crippen LogP contribution in [0.2, 0.25) is 5.02 Å². The first kappa shape index (κ1) is 15.6. The molecule has 24 heavy (non-hydrogen) atoms. The second-order valence-corrected chi connectivity index (χ2v) is 8.08. The van der Waals surface area contributed by atoms with Crippen LogP contribution in [0, 0.1) is 0 Å². The topological polar surface area (TPSA) is 24.8 Å². The van der Waals surface area contributed by atoms with Crippen LogP contribution in [-0.4, -0.2) is 14.5 Å². The highest BCUT2D eigenvalue weighted by atomic mass is 127. The van der Waals surface area contributed by atoms with Gasteiger partial charge in [0.2, 0.25) is 5.90 Å². The molecule has 0 radical (unpaired) electrons. The molecular weight excluding hydrogens is 435 g/mol. The largest absolute Gasteiger partial charge is 0.472 e. The zero-order chi connectivity index (χ0) is 16.4. The zero-order valence-corrected chi connectivity index (χ0v) is 15.6. The van der Waals surface area contributed by atoms with Crippen molar-refractivity contribution in [2.24, 2.45) is 5.10 Å². The van der Waals surface area contributed by atoms with E-state index in [0.717, 1.165) is 21.8 Å². The number of benzene rings is 2. The van der Waals surface area contributed by atoms with Gasteiger partial charge in [-0.2, -0.15) is 0 Å². The highest BCUT2D eigenvalue weighted by Crippen LogP contribution is 2.34. The predicted octanol–water partition coefficient (Wildman–Crippen LogP) is 5.15. The minimum atomic E-state index is -0.181. The molecule has 5 heteroatoms. The van der Waals surface area contributed by atoms with Crippen molar-refractivity contribution in [3.63, 3.8) is 0 Å². The van der Waals surface area contributed by atoms with Crippen molar-refractivity contribution in [1.29, 1.82) is 0 Å². The van der Waals surface area contributed by atoms with E-state index in [-0.39, 0.29) is 20.7 Å². The Kier molecular flexibility index (Phi) is 4.49. The molecule has 0 amide bonds. The Bertz CT molecular complexity index is 887. The Morgan fingerprint density at radius 1 is 1.04 bits per heavy atom. The molecule has 0 spiro atoms. The molecular formula is C19H14ClIN2O. The number of fused-ring (bicyclic) bond motifs is 1. The molecule has 0 unspecified atom stereocenters. The molecule has 0 aromatic heterocycles. The van der Waals surface area contributed by atoms with E-state index in [0.29, 0.717) is 12.5 Å². The molecule has 0 aliphatic carbocycles. The van der Waals surface area contributed by atoms with Gasteiger partial charge in [-0.1, -0.05) is 74.8 Å².